The second kappa shape index (κ2) is 8.23. The number of hydrogen-bond acceptors (Lipinski definition) is 3. The third kappa shape index (κ3) is 4.33. The zero-order valence-corrected chi connectivity index (χ0v) is 16.5. The zero-order valence-electron chi connectivity index (χ0n) is 16.5. The number of para-hydroxylation sites is 1. The van der Waals surface area contributed by atoms with E-state index in [2.05, 4.69) is 10.3 Å². The predicted octanol–water partition coefficient (Wildman–Crippen LogP) is 2.90. The number of nitrogens with one attached hydrogen (secondary N) is 2. The summed E-state index contributed by atoms with van der Waals surface area (Å²) in [6.45, 7) is 1.14. The highest BCUT2D eigenvalue weighted by molar-refractivity contribution is 5.92. The molecule has 8 heteroatoms. The lowest BCUT2D eigenvalue weighted by molar-refractivity contribution is -0.133. The number of fused-ring (bicyclic) bond motifs is 3. The molecule has 0 radical (unpaired) electrons. The van der Waals surface area contributed by atoms with Crippen LogP contribution in [-0.2, 0) is 22.6 Å². The van der Waals surface area contributed by atoms with Gasteiger partial charge in [0.25, 0.3) is 0 Å². The van der Waals surface area contributed by atoms with Crippen molar-refractivity contribution in [3.8, 4) is 0 Å². The predicted molar refractivity (Wildman–Crippen MR) is 110 cm³/mol. The Labute approximate surface area is 172 Å². The maximum absolute atomic E-state index is 13.2. The van der Waals surface area contributed by atoms with Crippen LogP contribution in [0, 0.1) is 11.6 Å². The van der Waals surface area contributed by atoms with Crippen LogP contribution in [0.25, 0.3) is 10.9 Å². The SMILES string of the molecule is CN(CC(=O)Nc1cc(F)cc(F)c1)CC(=O)N1CCc2[nH]c3ccccc3c2C1. The summed E-state index contributed by atoms with van der Waals surface area (Å²) in [5.74, 6) is -2.06. The van der Waals surface area contributed by atoms with Gasteiger partial charge in [-0.15, -0.1) is 0 Å². The normalized spacial score (nSPS) is 13.5. The second-order valence-electron chi connectivity index (χ2n) is 7.57. The molecule has 0 spiro atoms. The van der Waals surface area contributed by atoms with Gasteiger partial charge in [0.05, 0.1) is 13.1 Å². The minimum atomic E-state index is -0.768. The van der Waals surface area contributed by atoms with Gasteiger partial charge in [0, 0.05) is 53.4 Å². The van der Waals surface area contributed by atoms with Crippen molar-refractivity contribution in [3.63, 3.8) is 0 Å². The van der Waals surface area contributed by atoms with Crippen LogP contribution in [0.2, 0.25) is 0 Å². The maximum atomic E-state index is 13.2. The van der Waals surface area contributed by atoms with Crippen molar-refractivity contribution < 1.29 is 18.4 Å². The van der Waals surface area contributed by atoms with Crippen molar-refractivity contribution in [2.75, 3.05) is 32.0 Å². The summed E-state index contributed by atoms with van der Waals surface area (Å²) in [6.07, 6.45) is 0.755. The quantitative estimate of drug-likeness (QED) is 0.677. The van der Waals surface area contributed by atoms with Crippen LogP contribution in [0.15, 0.2) is 42.5 Å². The van der Waals surface area contributed by atoms with E-state index >= 15 is 0 Å². The first kappa shape index (κ1) is 20.0. The molecule has 2 aromatic carbocycles. The Hall–Kier alpha value is -3.26. The number of anilines is 1. The summed E-state index contributed by atoms with van der Waals surface area (Å²) < 4.78 is 26.5. The Morgan fingerprint density at radius 1 is 1.13 bits per heavy atom. The monoisotopic (exact) mass is 412 g/mol. The Morgan fingerprint density at radius 2 is 1.87 bits per heavy atom. The Balaban J connectivity index is 1.34. The van der Waals surface area contributed by atoms with Crippen molar-refractivity contribution in [1.82, 2.24) is 14.8 Å². The summed E-state index contributed by atoms with van der Waals surface area (Å²) in [5, 5.41) is 3.57. The Morgan fingerprint density at radius 3 is 2.63 bits per heavy atom. The van der Waals surface area contributed by atoms with E-state index < -0.39 is 17.5 Å². The van der Waals surface area contributed by atoms with E-state index in [4.69, 9.17) is 0 Å². The third-order valence-corrected chi connectivity index (χ3v) is 5.20. The van der Waals surface area contributed by atoms with E-state index in [1.54, 1.807) is 16.8 Å². The molecule has 3 aromatic rings. The van der Waals surface area contributed by atoms with E-state index in [0.717, 1.165) is 46.8 Å². The summed E-state index contributed by atoms with van der Waals surface area (Å²) in [7, 11) is 1.66. The molecule has 1 aliphatic heterocycles. The fraction of sp³-hybridized carbons (Fsp3) is 0.273. The number of likely N-dealkylation sites (N-methyl/N-ethyl adjacent to an activating group) is 1. The summed E-state index contributed by atoms with van der Waals surface area (Å²) in [5.41, 5.74) is 3.41. The number of nitrogens with zero attached hydrogens (tertiary/aromatic N) is 2. The average molecular weight is 412 g/mol. The molecule has 2 heterocycles. The van der Waals surface area contributed by atoms with Gasteiger partial charge in [-0.05, 0) is 25.2 Å². The molecule has 30 heavy (non-hydrogen) atoms. The number of aromatic nitrogens is 1. The van der Waals surface area contributed by atoms with Gasteiger partial charge in [0.1, 0.15) is 11.6 Å². The van der Waals surface area contributed by atoms with Crippen LogP contribution < -0.4 is 5.32 Å². The summed E-state index contributed by atoms with van der Waals surface area (Å²) >= 11 is 0. The van der Waals surface area contributed by atoms with E-state index in [0.29, 0.717) is 13.1 Å². The lowest BCUT2D eigenvalue weighted by Crippen LogP contribution is -2.43. The molecular formula is C22H22F2N4O2. The minimum absolute atomic E-state index is 0.0418. The van der Waals surface area contributed by atoms with Crippen LogP contribution in [0.1, 0.15) is 11.3 Å². The fourth-order valence-corrected chi connectivity index (χ4v) is 3.84. The number of benzene rings is 2. The van der Waals surface area contributed by atoms with Gasteiger partial charge in [-0.1, -0.05) is 18.2 Å². The molecule has 0 saturated heterocycles. The van der Waals surface area contributed by atoms with Crippen molar-refractivity contribution in [1.29, 1.82) is 0 Å². The Kier molecular flexibility index (Phi) is 5.50. The van der Waals surface area contributed by atoms with Crippen LogP contribution >= 0.6 is 0 Å². The van der Waals surface area contributed by atoms with Gasteiger partial charge < -0.3 is 15.2 Å². The molecule has 2 N–H and O–H groups in total. The average Bonchev–Trinajstić information content (AvgIpc) is 3.04. The first-order valence-electron chi connectivity index (χ1n) is 9.70. The lowest BCUT2D eigenvalue weighted by atomic mass is 10.0. The molecule has 4 rings (SSSR count). The van der Waals surface area contributed by atoms with Gasteiger partial charge >= 0.3 is 0 Å². The van der Waals surface area contributed by atoms with E-state index in [1.807, 2.05) is 24.3 Å². The Bertz CT molecular complexity index is 1090. The van der Waals surface area contributed by atoms with Gasteiger partial charge in [-0.3, -0.25) is 14.5 Å². The highest BCUT2D eigenvalue weighted by atomic mass is 19.1. The molecule has 2 amide bonds. The van der Waals surface area contributed by atoms with E-state index in [1.165, 1.54) is 0 Å². The number of H-pyrrole nitrogens is 1. The minimum Gasteiger partial charge on any atom is -0.358 e. The first-order valence-corrected chi connectivity index (χ1v) is 9.70. The fourth-order valence-electron chi connectivity index (χ4n) is 3.84. The molecule has 0 fully saturated rings. The van der Waals surface area contributed by atoms with Gasteiger partial charge in [0.2, 0.25) is 11.8 Å². The number of rotatable bonds is 5. The molecule has 0 bridgehead atoms. The number of carbonyl (C=O) groups excluding carboxylic acids is 2. The van der Waals surface area contributed by atoms with Crippen LogP contribution in [0.4, 0.5) is 14.5 Å². The number of carbonyl (C=O) groups is 2. The summed E-state index contributed by atoms with van der Waals surface area (Å²) in [4.78, 5) is 31.7. The van der Waals surface area contributed by atoms with Crippen LogP contribution in [-0.4, -0.2) is 53.3 Å². The number of hydrogen-bond donors (Lipinski definition) is 2. The molecule has 156 valence electrons. The first-order chi connectivity index (χ1) is 14.4. The number of halogens is 2. The maximum Gasteiger partial charge on any atom is 0.238 e. The van der Waals surface area contributed by atoms with Crippen molar-refractivity contribution in [2.45, 2.75) is 13.0 Å². The van der Waals surface area contributed by atoms with E-state index in [-0.39, 0.29) is 24.7 Å². The largest absolute Gasteiger partial charge is 0.358 e. The van der Waals surface area contributed by atoms with Gasteiger partial charge in [-0.2, -0.15) is 0 Å². The highest BCUT2D eigenvalue weighted by Gasteiger charge is 2.24. The standard InChI is InChI=1S/C22H22F2N4O2/c1-27(12-21(29)25-16-9-14(23)8-15(24)10-16)13-22(30)28-7-6-20-18(11-28)17-4-2-3-5-19(17)26-20/h2-5,8-10,26H,6-7,11-13H2,1H3,(H,25,29). The van der Waals surface area contributed by atoms with Gasteiger partial charge in [0.15, 0.2) is 0 Å². The highest BCUT2D eigenvalue weighted by Crippen LogP contribution is 2.27. The van der Waals surface area contributed by atoms with E-state index in [9.17, 15) is 18.4 Å². The second-order valence-corrected chi connectivity index (χ2v) is 7.57. The lowest BCUT2D eigenvalue weighted by Gasteiger charge is -2.29. The van der Waals surface area contributed by atoms with Crippen molar-refractivity contribution in [2.24, 2.45) is 0 Å². The summed E-state index contributed by atoms with van der Waals surface area (Å²) in [6, 6.07) is 10.8. The van der Waals surface area contributed by atoms with Crippen LogP contribution in [0.3, 0.4) is 0 Å². The number of aromatic amines is 1. The molecule has 1 aromatic heterocycles. The topological polar surface area (TPSA) is 68.4 Å². The third-order valence-electron chi connectivity index (χ3n) is 5.20. The van der Waals surface area contributed by atoms with Crippen LogP contribution in [0.5, 0.6) is 0 Å². The molecular weight excluding hydrogens is 390 g/mol. The molecule has 0 aliphatic carbocycles. The van der Waals surface area contributed by atoms with Crippen molar-refractivity contribution >= 4 is 28.4 Å². The molecule has 0 atom stereocenters. The smallest absolute Gasteiger partial charge is 0.238 e. The molecule has 6 nitrogen and oxygen atoms in total. The molecule has 1 aliphatic rings. The molecule has 0 saturated carbocycles. The zero-order chi connectivity index (χ0) is 21.3. The number of amides is 2. The molecule has 0 unspecified atom stereocenters. The van der Waals surface area contributed by atoms with Crippen molar-refractivity contribution in [3.05, 3.63) is 65.4 Å². The van der Waals surface area contributed by atoms with Gasteiger partial charge in [-0.25, -0.2) is 8.78 Å².